The van der Waals surface area contributed by atoms with Crippen molar-refractivity contribution in [2.24, 2.45) is 0 Å². The van der Waals surface area contributed by atoms with E-state index in [1.54, 1.807) is 0 Å². The average Bonchev–Trinajstić information content (AvgIpc) is 2.41. The van der Waals surface area contributed by atoms with Gasteiger partial charge in [-0.3, -0.25) is 10.1 Å². The highest BCUT2D eigenvalue weighted by atomic mass is 32.2. The van der Waals surface area contributed by atoms with Gasteiger partial charge in [0.15, 0.2) is 0 Å². The van der Waals surface area contributed by atoms with E-state index in [4.69, 9.17) is 0 Å². The first kappa shape index (κ1) is 15.8. The van der Waals surface area contributed by atoms with Crippen LogP contribution < -0.4 is 4.72 Å². The van der Waals surface area contributed by atoms with Crippen molar-refractivity contribution in [1.29, 1.82) is 0 Å². The Kier molecular flexibility index (Phi) is 4.55. The molecule has 1 aromatic carbocycles. The van der Waals surface area contributed by atoms with Crippen molar-refractivity contribution in [3.05, 3.63) is 34.1 Å². The molecule has 1 aromatic rings. The maximum atomic E-state index is 13.2. The zero-order chi connectivity index (χ0) is 15.6. The third-order valence-corrected chi connectivity index (χ3v) is 4.96. The summed E-state index contributed by atoms with van der Waals surface area (Å²) in [7, 11) is -3.95. The van der Waals surface area contributed by atoms with E-state index in [0.717, 1.165) is 12.1 Å². The smallest absolute Gasteiger partial charge is 0.306 e. The predicted octanol–water partition coefficient (Wildman–Crippen LogP) is 1.32. The zero-order valence-corrected chi connectivity index (χ0v) is 11.8. The SMILES string of the molecule is O=[N+]([O-])c1cc(S(=O)(=O)NC2CCC(O)CC2)ccc1F. The number of nitrogens with one attached hydrogen (secondary N) is 1. The van der Waals surface area contributed by atoms with Gasteiger partial charge in [-0.05, 0) is 37.8 Å². The van der Waals surface area contributed by atoms with Gasteiger partial charge in [-0.15, -0.1) is 0 Å². The lowest BCUT2D eigenvalue weighted by atomic mass is 9.94. The normalized spacial score (nSPS) is 23.0. The molecule has 2 rings (SSSR count). The van der Waals surface area contributed by atoms with Crippen LogP contribution in [0, 0.1) is 15.9 Å². The molecule has 0 aromatic heterocycles. The number of aliphatic hydroxyl groups excluding tert-OH is 1. The molecular formula is C12H15FN2O5S. The molecule has 7 nitrogen and oxygen atoms in total. The predicted molar refractivity (Wildman–Crippen MR) is 71.6 cm³/mol. The molecule has 0 radical (unpaired) electrons. The number of hydrogen-bond acceptors (Lipinski definition) is 5. The second-order valence-electron chi connectivity index (χ2n) is 5.00. The number of aliphatic hydroxyl groups is 1. The van der Waals surface area contributed by atoms with E-state index in [2.05, 4.69) is 4.72 Å². The fourth-order valence-electron chi connectivity index (χ4n) is 2.28. The van der Waals surface area contributed by atoms with E-state index >= 15 is 0 Å². The van der Waals surface area contributed by atoms with Crippen molar-refractivity contribution >= 4 is 15.7 Å². The quantitative estimate of drug-likeness (QED) is 0.642. The summed E-state index contributed by atoms with van der Waals surface area (Å²) in [6, 6.07) is 2.12. The lowest BCUT2D eigenvalue weighted by molar-refractivity contribution is -0.387. The summed E-state index contributed by atoms with van der Waals surface area (Å²) < 4.78 is 40.0. The number of nitrogens with zero attached hydrogens (tertiary/aromatic N) is 1. The molecule has 1 saturated carbocycles. The van der Waals surface area contributed by atoms with Gasteiger partial charge in [0.05, 0.1) is 15.9 Å². The number of halogens is 1. The van der Waals surface area contributed by atoms with Gasteiger partial charge in [0.25, 0.3) is 0 Å². The monoisotopic (exact) mass is 318 g/mol. The molecule has 0 bridgehead atoms. The van der Waals surface area contributed by atoms with Crippen LogP contribution >= 0.6 is 0 Å². The maximum absolute atomic E-state index is 13.2. The van der Waals surface area contributed by atoms with Crippen molar-refractivity contribution in [1.82, 2.24) is 4.72 Å². The number of nitro groups is 1. The molecule has 9 heteroatoms. The number of sulfonamides is 1. The molecule has 2 N–H and O–H groups in total. The largest absolute Gasteiger partial charge is 0.393 e. The fraction of sp³-hybridized carbons (Fsp3) is 0.500. The van der Waals surface area contributed by atoms with E-state index in [1.165, 1.54) is 0 Å². The Bertz CT molecular complexity index is 641. The van der Waals surface area contributed by atoms with E-state index in [9.17, 15) is 28.0 Å². The van der Waals surface area contributed by atoms with E-state index in [-0.39, 0.29) is 10.9 Å². The second kappa shape index (κ2) is 6.04. The van der Waals surface area contributed by atoms with Crippen LogP contribution in [0.4, 0.5) is 10.1 Å². The highest BCUT2D eigenvalue weighted by Gasteiger charge is 2.26. The van der Waals surface area contributed by atoms with Gasteiger partial charge in [0.2, 0.25) is 15.8 Å². The van der Waals surface area contributed by atoms with Gasteiger partial charge in [0.1, 0.15) is 0 Å². The number of hydrogen-bond donors (Lipinski definition) is 2. The van der Waals surface area contributed by atoms with Gasteiger partial charge >= 0.3 is 5.69 Å². The Morgan fingerprint density at radius 3 is 2.48 bits per heavy atom. The molecular weight excluding hydrogens is 303 g/mol. The van der Waals surface area contributed by atoms with Crippen LogP contribution in [0.5, 0.6) is 0 Å². The number of rotatable bonds is 4. The van der Waals surface area contributed by atoms with Gasteiger partial charge in [0, 0.05) is 12.1 Å². The number of benzene rings is 1. The molecule has 116 valence electrons. The standard InChI is InChI=1S/C12H15FN2O5S/c13-11-6-5-10(7-12(11)15(17)18)21(19,20)14-8-1-3-9(16)4-2-8/h5-9,14,16H,1-4H2. The summed E-state index contributed by atoms with van der Waals surface area (Å²) >= 11 is 0. The molecule has 0 unspecified atom stereocenters. The molecule has 21 heavy (non-hydrogen) atoms. The Morgan fingerprint density at radius 1 is 1.29 bits per heavy atom. The summed E-state index contributed by atoms with van der Waals surface area (Å²) in [4.78, 5) is 9.34. The maximum Gasteiger partial charge on any atom is 0.306 e. The lowest BCUT2D eigenvalue weighted by Gasteiger charge is -2.25. The molecule has 0 amide bonds. The van der Waals surface area contributed by atoms with Gasteiger partial charge in [-0.25, -0.2) is 13.1 Å². The Morgan fingerprint density at radius 2 is 1.90 bits per heavy atom. The van der Waals surface area contributed by atoms with Crippen molar-refractivity contribution in [2.75, 3.05) is 0 Å². The first-order valence-corrected chi connectivity index (χ1v) is 7.92. The first-order chi connectivity index (χ1) is 9.79. The molecule has 1 aliphatic rings. The third kappa shape index (κ3) is 3.74. The van der Waals surface area contributed by atoms with Crippen LogP contribution in [0.15, 0.2) is 23.1 Å². The molecule has 0 aliphatic heterocycles. The summed E-state index contributed by atoms with van der Waals surface area (Å²) in [5.74, 6) is -1.08. The van der Waals surface area contributed by atoms with Crippen molar-refractivity contribution in [3.63, 3.8) is 0 Å². The summed E-state index contributed by atoms with van der Waals surface area (Å²) in [5, 5.41) is 20.0. The molecule has 0 heterocycles. The van der Waals surface area contributed by atoms with Crippen LogP contribution in [-0.2, 0) is 10.0 Å². The molecule has 1 fully saturated rings. The van der Waals surface area contributed by atoms with Crippen LogP contribution in [0.25, 0.3) is 0 Å². The second-order valence-corrected chi connectivity index (χ2v) is 6.71. The lowest BCUT2D eigenvalue weighted by Crippen LogP contribution is -2.38. The average molecular weight is 318 g/mol. The molecule has 0 saturated heterocycles. The highest BCUT2D eigenvalue weighted by Crippen LogP contribution is 2.24. The van der Waals surface area contributed by atoms with Crippen LogP contribution in [-0.4, -0.2) is 30.6 Å². The Balaban J connectivity index is 2.20. The minimum atomic E-state index is -3.95. The van der Waals surface area contributed by atoms with Crippen LogP contribution in [0.1, 0.15) is 25.7 Å². The van der Waals surface area contributed by atoms with Crippen LogP contribution in [0.3, 0.4) is 0 Å². The molecule has 1 aliphatic carbocycles. The first-order valence-electron chi connectivity index (χ1n) is 6.44. The summed E-state index contributed by atoms with van der Waals surface area (Å²) in [6.45, 7) is 0. The Hall–Kier alpha value is -1.58. The topological polar surface area (TPSA) is 110 Å². The van der Waals surface area contributed by atoms with E-state index in [0.29, 0.717) is 31.7 Å². The molecule has 0 atom stereocenters. The summed E-state index contributed by atoms with van der Waals surface area (Å²) in [5.41, 5.74) is -0.878. The van der Waals surface area contributed by atoms with Gasteiger partial charge in [-0.1, -0.05) is 0 Å². The van der Waals surface area contributed by atoms with Crippen molar-refractivity contribution in [3.8, 4) is 0 Å². The van der Waals surface area contributed by atoms with Gasteiger partial charge < -0.3 is 5.11 Å². The van der Waals surface area contributed by atoms with Crippen molar-refractivity contribution < 1.29 is 22.8 Å². The Labute approximate surface area is 121 Å². The third-order valence-electron chi connectivity index (χ3n) is 3.44. The molecule has 0 spiro atoms. The summed E-state index contributed by atoms with van der Waals surface area (Å²) in [6.07, 6.45) is 1.55. The van der Waals surface area contributed by atoms with E-state index in [1.807, 2.05) is 0 Å². The van der Waals surface area contributed by atoms with Crippen LogP contribution in [0.2, 0.25) is 0 Å². The zero-order valence-electron chi connectivity index (χ0n) is 11.0. The minimum Gasteiger partial charge on any atom is -0.393 e. The van der Waals surface area contributed by atoms with E-state index < -0.39 is 32.6 Å². The minimum absolute atomic E-state index is 0.331. The van der Waals surface area contributed by atoms with Crippen molar-refractivity contribution in [2.45, 2.75) is 42.7 Å². The highest BCUT2D eigenvalue weighted by molar-refractivity contribution is 7.89. The fourth-order valence-corrected chi connectivity index (χ4v) is 3.61. The number of nitro benzene ring substituents is 1. The van der Waals surface area contributed by atoms with Gasteiger partial charge in [-0.2, -0.15) is 4.39 Å².